The second-order valence-electron chi connectivity index (χ2n) is 4.20. The smallest absolute Gasteiger partial charge is 0.235 e. The molecular weight excluding hydrogens is 254 g/mol. The summed E-state index contributed by atoms with van der Waals surface area (Å²) >= 11 is 1.34. The highest BCUT2D eigenvalue weighted by Gasteiger charge is 2.25. The van der Waals surface area contributed by atoms with E-state index in [9.17, 15) is 4.79 Å². The predicted molar refractivity (Wildman–Crippen MR) is 66.0 cm³/mol. The van der Waals surface area contributed by atoms with Gasteiger partial charge in [0.1, 0.15) is 0 Å². The molecule has 1 aliphatic heterocycles. The number of thioether (sulfide) groups is 1. The van der Waals surface area contributed by atoms with Crippen LogP contribution in [0.5, 0.6) is 0 Å². The lowest BCUT2D eigenvalue weighted by atomic mass is 10.4. The zero-order valence-electron chi connectivity index (χ0n) is 10.3. The van der Waals surface area contributed by atoms with Gasteiger partial charge in [0, 0.05) is 13.1 Å². The number of rotatable bonds is 5. The average molecular weight is 271 g/mol. The molecule has 0 radical (unpaired) electrons. The highest BCUT2D eigenvalue weighted by molar-refractivity contribution is 8.00. The number of carbonyl (C=O) groups is 1. The molecule has 0 saturated carbocycles. The Hall–Kier alpha value is -1.15. The highest BCUT2D eigenvalue weighted by Crippen LogP contribution is 2.23. The third-order valence-corrected chi connectivity index (χ3v) is 3.92. The van der Waals surface area contributed by atoms with Crippen molar-refractivity contribution in [1.82, 2.24) is 25.1 Å². The van der Waals surface area contributed by atoms with Crippen molar-refractivity contribution in [3.05, 3.63) is 0 Å². The van der Waals surface area contributed by atoms with Crippen LogP contribution < -0.4 is 0 Å². The van der Waals surface area contributed by atoms with Crippen LogP contribution in [0.15, 0.2) is 5.16 Å². The van der Waals surface area contributed by atoms with Crippen LogP contribution in [0.4, 0.5) is 0 Å². The molecule has 1 unspecified atom stereocenters. The van der Waals surface area contributed by atoms with Crippen molar-refractivity contribution in [2.24, 2.45) is 0 Å². The van der Waals surface area contributed by atoms with Crippen LogP contribution >= 0.6 is 11.8 Å². The van der Waals surface area contributed by atoms with Crippen LogP contribution in [0, 0.1) is 0 Å². The minimum Gasteiger partial charge on any atom is -0.394 e. The molecule has 1 amide bonds. The highest BCUT2D eigenvalue weighted by atomic mass is 32.2. The van der Waals surface area contributed by atoms with Gasteiger partial charge < -0.3 is 10.0 Å². The third-order valence-electron chi connectivity index (χ3n) is 2.86. The second-order valence-corrected chi connectivity index (χ2v) is 5.51. The number of carbonyl (C=O) groups excluding carboxylic acids is 1. The first-order valence-electron chi connectivity index (χ1n) is 6.05. The average Bonchev–Trinajstić information content (AvgIpc) is 3.00. The van der Waals surface area contributed by atoms with Crippen LogP contribution in [0.1, 0.15) is 19.8 Å². The number of aliphatic hydroxyl groups excluding tert-OH is 1. The first-order valence-corrected chi connectivity index (χ1v) is 6.93. The Bertz CT molecular complexity index is 405. The van der Waals surface area contributed by atoms with E-state index in [-0.39, 0.29) is 17.8 Å². The molecule has 1 aromatic rings. The largest absolute Gasteiger partial charge is 0.394 e. The van der Waals surface area contributed by atoms with Gasteiger partial charge in [-0.25, -0.2) is 4.68 Å². The number of likely N-dealkylation sites (tertiary alicyclic amines) is 1. The zero-order valence-corrected chi connectivity index (χ0v) is 11.1. The number of aliphatic hydroxyl groups is 1. The molecule has 0 aliphatic carbocycles. The summed E-state index contributed by atoms with van der Waals surface area (Å²) in [7, 11) is 0. The quantitative estimate of drug-likeness (QED) is 0.745. The van der Waals surface area contributed by atoms with Crippen molar-refractivity contribution in [2.45, 2.75) is 36.7 Å². The van der Waals surface area contributed by atoms with Crippen LogP contribution in [0.25, 0.3) is 0 Å². The SMILES string of the molecule is CC(Sc1nnnn1CCO)C(=O)N1CCCC1. The van der Waals surface area contributed by atoms with Crippen molar-refractivity contribution in [2.75, 3.05) is 19.7 Å². The number of hydrogen-bond acceptors (Lipinski definition) is 6. The molecule has 1 N–H and O–H groups in total. The molecule has 18 heavy (non-hydrogen) atoms. The molecule has 1 atom stereocenters. The van der Waals surface area contributed by atoms with Gasteiger partial charge >= 0.3 is 0 Å². The van der Waals surface area contributed by atoms with Gasteiger partial charge in [0.25, 0.3) is 0 Å². The van der Waals surface area contributed by atoms with E-state index in [4.69, 9.17) is 5.11 Å². The first kappa shape index (κ1) is 13.3. The molecule has 1 aromatic heterocycles. The van der Waals surface area contributed by atoms with E-state index >= 15 is 0 Å². The summed E-state index contributed by atoms with van der Waals surface area (Å²) in [5.41, 5.74) is 0. The van der Waals surface area contributed by atoms with Crippen molar-refractivity contribution in [1.29, 1.82) is 0 Å². The molecule has 0 bridgehead atoms. The maximum atomic E-state index is 12.1. The Morgan fingerprint density at radius 1 is 1.50 bits per heavy atom. The minimum absolute atomic E-state index is 0.0208. The van der Waals surface area contributed by atoms with E-state index in [0.717, 1.165) is 25.9 Å². The van der Waals surface area contributed by atoms with E-state index in [1.54, 1.807) is 0 Å². The van der Waals surface area contributed by atoms with E-state index in [0.29, 0.717) is 11.7 Å². The monoisotopic (exact) mass is 271 g/mol. The van der Waals surface area contributed by atoms with E-state index < -0.39 is 0 Å². The number of tetrazole rings is 1. The van der Waals surface area contributed by atoms with Gasteiger partial charge in [-0.15, -0.1) is 5.10 Å². The summed E-state index contributed by atoms with van der Waals surface area (Å²) in [4.78, 5) is 14.0. The normalized spacial score (nSPS) is 17.1. The fraction of sp³-hybridized carbons (Fsp3) is 0.800. The van der Waals surface area contributed by atoms with Gasteiger partial charge in [0.15, 0.2) is 0 Å². The Morgan fingerprint density at radius 2 is 2.22 bits per heavy atom. The summed E-state index contributed by atoms with van der Waals surface area (Å²) in [5.74, 6) is 0.135. The van der Waals surface area contributed by atoms with Crippen molar-refractivity contribution in [3.63, 3.8) is 0 Å². The van der Waals surface area contributed by atoms with Gasteiger partial charge in [0.2, 0.25) is 11.1 Å². The van der Waals surface area contributed by atoms with Crippen molar-refractivity contribution >= 4 is 17.7 Å². The number of nitrogens with zero attached hydrogens (tertiary/aromatic N) is 5. The predicted octanol–water partition coefficient (Wildman–Crippen LogP) is -0.232. The van der Waals surface area contributed by atoms with E-state index in [2.05, 4.69) is 15.5 Å². The second kappa shape index (κ2) is 6.14. The topological polar surface area (TPSA) is 84.1 Å². The molecule has 1 aliphatic rings. The molecule has 0 aromatic carbocycles. The van der Waals surface area contributed by atoms with Gasteiger partial charge in [-0.2, -0.15) is 0 Å². The number of aromatic nitrogens is 4. The number of hydrogen-bond donors (Lipinski definition) is 1. The van der Waals surface area contributed by atoms with Gasteiger partial charge in [-0.05, 0) is 30.2 Å². The minimum atomic E-state index is -0.202. The zero-order chi connectivity index (χ0) is 13.0. The first-order chi connectivity index (χ1) is 8.72. The molecule has 8 heteroatoms. The molecule has 1 fully saturated rings. The summed E-state index contributed by atoms with van der Waals surface area (Å²) in [6.07, 6.45) is 2.18. The lowest BCUT2D eigenvalue weighted by molar-refractivity contribution is -0.129. The standard InChI is InChI=1S/C10H17N5O2S/c1-8(9(17)14-4-2-3-5-14)18-10-11-12-13-15(10)6-7-16/h8,16H,2-7H2,1H3. The third kappa shape index (κ3) is 2.99. The molecule has 2 rings (SSSR count). The fourth-order valence-corrected chi connectivity index (χ4v) is 2.82. The van der Waals surface area contributed by atoms with Gasteiger partial charge in [0.05, 0.1) is 18.4 Å². The molecule has 1 saturated heterocycles. The van der Waals surface area contributed by atoms with Crippen molar-refractivity contribution in [3.8, 4) is 0 Å². The van der Waals surface area contributed by atoms with Crippen LogP contribution in [0.2, 0.25) is 0 Å². The maximum Gasteiger partial charge on any atom is 0.235 e. The van der Waals surface area contributed by atoms with Crippen molar-refractivity contribution < 1.29 is 9.90 Å². The molecule has 7 nitrogen and oxygen atoms in total. The molecule has 2 heterocycles. The molecule has 100 valence electrons. The van der Waals surface area contributed by atoms with E-state index in [1.165, 1.54) is 16.4 Å². The fourth-order valence-electron chi connectivity index (χ4n) is 1.92. The summed E-state index contributed by atoms with van der Waals surface area (Å²) in [6.45, 7) is 3.90. The molecular formula is C10H17N5O2S. The van der Waals surface area contributed by atoms with Gasteiger partial charge in [-0.1, -0.05) is 11.8 Å². The maximum absolute atomic E-state index is 12.1. The lowest BCUT2D eigenvalue weighted by Gasteiger charge is -2.19. The van der Waals surface area contributed by atoms with Crippen LogP contribution in [0.3, 0.4) is 0 Å². The summed E-state index contributed by atoms with van der Waals surface area (Å²) < 4.78 is 1.51. The van der Waals surface area contributed by atoms with E-state index in [1.807, 2.05) is 11.8 Å². The van der Waals surface area contributed by atoms with Crippen LogP contribution in [-0.4, -0.2) is 61.1 Å². The molecule has 0 spiro atoms. The Labute approximate surface area is 110 Å². The van der Waals surface area contributed by atoms with Gasteiger partial charge in [-0.3, -0.25) is 4.79 Å². The summed E-state index contributed by atoms with van der Waals surface area (Å²) in [5, 5.41) is 20.4. The van der Waals surface area contributed by atoms with Crippen LogP contribution in [-0.2, 0) is 11.3 Å². The Kier molecular flexibility index (Phi) is 4.54. The summed E-state index contributed by atoms with van der Waals surface area (Å²) in [6, 6.07) is 0. The Morgan fingerprint density at radius 3 is 2.89 bits per heavy atom. The Balaban J connectivity index is 1.95. The lowest BCUT2D eigenvalue weighted by Crippen LogP contribution is -2.34. The number of amides is 1.